The number of hydrogen-bond acceptors (Lipinski definition) is 5. The Morgan fingerprint density at radius 1 is 1.19 bits per heavy atom. The molecule has 0 aromatic rings. The Balaban J connectivity index is 2.52. The fourth-order valence-electron chi connectivity index (χ4n) is 2.99. The van der Waals surface area contributed by atoms with Gasteiger partial charge in [-0.05, 0) is 31.6 Å². The summed E-state index contributed by atoms with van der Waals surface area (Å²) < 4.78 is 10.6. The Labute approximate surface area is 162 Å². The van der Waals surface area contributed by atoms with E-state index in [1.807, 2.05) is 13.8 Å². The summed E-state index contributed by atoms with van der Waals surface area (Å²) in [5, 5.41) is 0. The van der Waals surface area contributed by atoms with Crippen LogP contribution in [0.25, 0.3) is 0 Å². The van der Waals surface area contributed by atoms with Gasteiger partial charge in [0.1, 0.15) is 6.61 Å². The van der Waals surface area contributed by atoms with E-state index in [9.17, 15) is 14.4 Å². The largest absolute Gasteiger partial charge is 0.465 e. The van der Waals surface area contributed by atoms with E-state index in [1.54, 1.807) is 17.1 Å². The molecule has 0 aromatic heterocycles. The molecule has 1 aliphatic rings. The Morgan fingerprint density at radius 3 is 2.56 bits per heavy atom. The molecule has 1 unspecified atom stereocenters. The van der Waals surface area contributed by atoms with Crippen molar-refractivity contribution in [2.45, 2.75) is 58.4 Å². The fourth-order valence-corrected chi connectivity index (χ4v) is 2.99. The summed E-state index contributed by atoms with van der Waals surface area (Å²) in [4.78, 5) is 38.4. The molecule has 0 spiro atoms. The highest BCUT2D eigenvalue weighted by Gasteiger charge is 2.30. The van der Waals surface area contributed by atoms with Crippen molar-refractivity contribution in [1.29, 1.82) is 0 Å². The third kappa shape index (κ3) is 8.41. The van der Waals surface area contributed by atoms with Gasteiger partial charge in [0.15, 0.2) is 0 Å². The number of carbonyl (C=O) groups excluding carboxylic acids is 3. The first-order valence-corrected chi connectivity index (χ1v) is 9.72. The van der Waals surface area contributed by atoms with Crippen LogP contribution in [0.2, 0.25) is 0 Å². The maximum atomic E-state index is 12.4. The van der Waals surface area contributed by atoms with Crippen LogP contribution in [0.15, 0.2) is 25.3 Å². The van der Waals surface area contributed by atoms with Crippen LogP contribution in [0.3, 0.4) is 0 Å². The van der Waals surface area contributed by atoms with E-state index in [1.165, 1.54) is 0 Å². The van der Waals surface area contributed by atoms with E-state index < -0.39 is 17.9 Å². The zero-order valence-electron chi connectivity index (χ0n) is 16.7. The summed E-state index contributed by atoms with van der Waals surface area (Å²) in [6, 6.07) is -0.0939. The van der Waals surface area contributed by atoms with E-state index in [2.05, 4.69) is 13.2 Å². The molecule has 152 valence electrons. The minimum absolute atomic E-state index is 0.0236. The number of allylic oxidation sites excluding steroid dienone is 2. The summed E-state index contributed by atoms with van der Waals surface area (Å²) in [5.41, 5.74) is 0. The van der Waals surface area contributed by atoms with Crippen LogP contribution >= 0.6 is 0 Å². The summed E-state index contributed by atoms with van der Waals surface area (Å²) in [7, 11) is 0. The van der Waals surface area contributed by atoms with Gasteiger partial charge >= 0.3 is 11.9 Å². The summed E-state index contributed by atoms with van der Waals surface area (Å²) in [5.74, 6) is -1.15. The highest BCUT2D eigenvalue weighted by Crippen LogP contribution is 2.20. The van der Waals surface area contributed by atoms with Crippen molar-refractivity contribution in [1.82, 2.24) is 4.90 Å². The molecular formula is C21H33NO5. The molecule has 0 radical (unpaired) electrons. The number of nitrogens with zero attached hydrogens (tertiary/aromatic N) is 1. The molecule has 0 aromatic carbocycles. The zero-order valence-corrected chi connectivity index (χ0v) is 16.7. The molecule has 1 amide bonds. The molecule has 1 fully saturated rings. The van der Waals surface area contributed by atoms with Gasteiger partial charge in [-0.15, -0.1) is 13.2 Å². The quantitative estimate of drug-likeness (QED) is 0.384. The van der Waals surface area contributed by atoms with E-state index in [0.717, 1.165) is 12.8 Å². The fraction of sp³-hybridized carbons (Fsp3) is 0.667. The lowest BCUT2D eigenvalue weighted by atomic mass is 10.0. The first kappa shape index (κ1) is 22.9. The van der Waals surface area contributed by atoms with Crippen LogP contribution in [0.1, 0.15) is 52.4 Å². The van der Waals surface area contributed by atoms with Crippen LogP contribution in [0.5, 0.6) is 0 Å². The SMILES string of the molecule is C=CCCC(=O)N1CCC[C@H]1COC(=O)C(CC=C)CC(=O)OCC(C)C. The average molecular weight is 379 g/mol. The Bertz CT molecular complexity index is 529. The van der Waals surface area contributed by atoms with Crippen LogP contribution in [0, 0.1) is 11.8 Å². The predicted octanol–water partition coefficient (Wildman–Crippen LogP) is 3.27. The molecule has 2 atom stereocenters. The molecule has 0 bridgehead atoms. The first-order valence-electron chi connectivity index (χ1n) is 9.72. The van der Waals surface area contributed by atoms with Gasteiger partial charge in [-0.1, -0.05) is 26.0 Å². The van der Waals surface area contributed by atoms with Crippen molar-refractivity contribution in [3.05, 3.63) is 25.3 Å². The van der Waals surface area contributed by atoms with E-state index in [0.29, 0.717) is 32.4 Å². The van der Waals surface area contributed by atoms with E-state index in [-0.39, 0.29) is 30.9 Å². The highest BCUT2D eigenvalue weighted by molar-refractivity contribution is 5.80. The zero-order chi connectivity index (χ0) is 20.2. The highest BCUT2D eigenvalue weighted by atomic mass is 16.5. The number of carbonyl (C=O) groups is 3. The number of amides is 1. The average Bonchev–Trinajstić information content (AvgIpc) is 3.10. The number of likely N-dealkylation sites (tertiary alicyclic amines) is 1. The van der Waals surface area contributed by atoms with Crippen molar-refractivity contribution in [2.75, 3.05) is 19.8 Å². The lowest BCUT2D eigenvalue weighted by Crippen LogP contribution is -2.39. The van der Waals surface area contributed by atoms with Gasteiger partial charge in [-0.2, -0.15) is 0 Å². The molecule has 6 heteroatoms. The summed E-state index contributed by atoms with van der Waals surface area (Å²) in [6.07, 6.45) is 6.43. The lowest BCUT2D eigenvalue weighted by molar-refractivity contribution is -0.157. The number of rotatable bonds is 12. The predicted molar refractivity (Wildman–Crippen MR) is 104 cm³/mol. The molecule has 6 nitrogen and oxygen atoms in total. The number of esters is 2. The molecule has 0 N–H and O–H groups in total. The molecule has 1 saturated heterocycles. The third-order valence-corrected chi connectivity index (χ3v) is 4.45. The van der Waals surface area contributed by atoms with Crippen LogP contribution in [0.4, 0.5) is 0 Å². The second-order valence-electron chi connectivity index (χ2n) is 7.34. The molecule has 1 aliphatic heterocycles. The minimum atomic E-state index is -0.603. The summed E-state index contributed by atoms with van der Waals surface area (Å²) in [6.45, 7) is 12.4. The van der Waals surface area contributed by atoms with E-state index >= 15 is 0 Å². The molecular weight excluding hydrogens is 346 g/mol. The van der Waals surface area contributed by atoms with Gasteiger partial charge in [-0.3, -0.25) is 14.4 Å². The van der Waals surface area contributed by atoms with Gasteiger partial charge in [0, 0.05) is 13.0 Å². The van der Waals surface area contributed by atoms with Crippen molar-refractivity contribution in [3.63, 3.8) is 0 Å². The minimum Gasteiger partial charge on any atom is -0.465 e. The van der Waals surface area contributed by atoms with Crippen molar-refractivity contribution >= 4 is 17.8 Å². The van der Waals surface area contributed by atoms with Crippen LogP contribution < -0.4 is 0 Å². The maximum absolute atomic E-state index is 12.4. The Morgan fingerprint density at radius 2 is 1.93 bits per heavy atom. The second kappa shape index (κ2) is 12.3. The summed E-state index contributed by atoms with van der Waals surface area (Å²) >= 11 is 0. The Hall–Kier alpha value is -2.11. The standard InChI is InChI=1S/C21H33NO5/c1-5-7-11-19(23)22-12-8-10-18(22)15-27-21(25)17(9-6-2)13-20(24)26-14-16(3)4/h5-6,16-18H,1-2,7-15H2,3-4H3/t17?,18-/m0/s1. The topological polar surface area (TPSA) is 72.9 Å². The smallest absolute Gasteiger partial charge is 0.309 e. The monoisotopic (exact) mass is 379 g/mol. The molecule has 0 saturated carbocycles. The third-order valence-electron chi connectivity index (χ3n) is 4.45. The maximum Gasteiger partial charge on any atom is 0.309 e. The second-order valence-corrected chi connectivity index (χ2v) is 7.34. The number of hydrogen-bond donors (Lipinski definition) is 0. The Kier molecular flexibility index (Phi) is 10.5. The first-order chi connectivity index (χ1) is 12.9. The van der Waals surface area contributed by atoms with Gasteiger partial charge in [0.25, 0.3) is 0 Å². The molecule has 0 aliphatic carbocycles. The van der Waals surface area contributed by atoms with Gasteiger partial charge in [-0.25, -0.2) is 0 Å². The molecule has 1 rings (SSSR count). The normalized spacial score (nSPS) is 17.4. The lowest BCUT2D eigenvalue weighted by Gasteiger charge is -2.25. The molecule has 27 heavy (non-hydrogen) atoms. The van der Waals surface area contributed by atoms with Crippen molar-refractivity contribution in [2.24, 2.45) is 11.8 Å². The van der Waals surface area contributed by atoms with Crippen molar-refractivity contribution in [3.8, 4) is 0 Å². The van der Waals surface area contributed by atoms with Crippen LogP contribution in [-0.2, 0) is 23.9 Å². The van der Waals surface area contributed by atoms with Gasteiger partial charge < -0.3 is 14.4 Å². The van der Waals surface area contributed by atoms with Crippen molar-refractivity contribution < 1.29 is 23.9 Å². The van der Waals surface area contributed by atoms with Gasteiger partial charge in [0.05, 0.1) is 25.0 Å². The number of ether oxygens (including phenoxy) is 2. The van der Waals surface area contributed by atoms with Gasteiger partial charge in [0.2, 0.25) is 5.91 Å². The van der Waals surface area contributed by atoms with E-state index in [4.69, 9.17) is 9.47 Å². The van der Waals surface area contributed by atoms with Crippen LogP contribution in [-0.4, -0.2) is 48.5 Å². The molecule has 1 heterocycles.